The van der Waals surface area contributed by atoms with Crippen LogP contribution < -0.4 is 0 Å². The summed E-state index contributed by atoms with van der Waals surface area (Å²) in [5.74, 6) is 0. The summed E-state index contributed by atoms with van der Waals surface area (Å²) < 4.78 is 38.8. The van der Waals surface area contributed by atoms with Crippen molar-refractivity contribution in [3.8, 4) is 0 Å². The molecule has 0 amide bonds. The monoisotopic (exact) mass is 279 g/mol. The molecule has 2 rings (SSSR count). The quantitative estimate of drug-likeness (QED) is 0.854. The van der Waals surface area contributed by atoms with Gasteiger partial charge >= 0.3 is 6.18 Å². The lowest BCUT2D eigenvalue weighted by atomic mass is 10.0. The molecule has 6 heteroatoms. The minimum atomic E-state index is -4.45. The van der Waals surface area contributed by atoms with E-state index in [4.69, 9.17) is 11.6 Å². The molecular weight excluding hydrogens is 267 g/mol. The molecule has 0 fully saturated rings. The fourth-order valence-corrected chi connectivity index (χ4v) is 2.78. The number of halogens is 4. The van der Waals surface area contributed by atoms with Crippen LogP contribution in [0, 0.1) is 0 Å². The van der Waals surface area contributed by atoms with Crippen LogP contribution in [0.25, 0.3) is 0 Å². The molecule has 0 aliphatic heterocycles. The van der Waals surface area contributed by atoms with Crippen molar-refractivity contribution in [1.29, 1.82) is 0 Å². The number of aliphatic hydroxyl groups excluding tert-OH is 1. The fourth-order valence-electron chi connectivity index (χ4n) is 2.55. The summed E-state index contributed by atoms with van der Waals surface area (Å²) in [6, 6.07) is 1.98. The molecule has 1 aromatic rings. The highest BCUT2D eigenvalue weighted by Gasteiger charge is 2.41. The third-order valence-electron chi connectivity index (χ3n) is 3.21. The van der Waals surface area contributed by atoms with Crippen LogP contribution in [0.5, 0.6) is 0 Å². The summed E-state index contributed by atoms with van der Waals surface area (Å²) in [5.41, 5.74) is -0.126. The van der Waals surface area contributed by atoms with E-state index in [1.165, 1.54) is 6.07 Å². The zero-order valence-electron chi connectivity index (χ0n) is 9.92. The van der Waals surface area contributed by atoms with Gasteiger partial charge < -0.3 is 10.0 Å². The Morgan fingerprint density at radius 1 is 1.33 bits per heavy atom. The predicted molar refractivity (Wildman–Crippen MR) is 62.6 cm³/mol. The molecule has 0 saturated carbocycles. The van der Waals surface area contributed by atoms with E-state index in [-0.39, 0.29) is 17.0 Å². The SMILES string of the molecule is CN(C)[C@@H]1c2cc(Cl)cc(C(F)(F)F)c2C[C@H]1O. The van der Waals surface area contributed by atoms with Crippen LogP contribution in [-0.2, 0) is 12.6 Å². The number of hydrogen-bond acceptors (Lipinski definition) is 2. The lowest BCUT2D eigenvalue weighted by molar-refractivity contribution is -0.138. The second-order valence-corrected chi connectivity index (χ2v) is 5.14. The molecule has 100 valence electrons. The fraction of sp³-hybridized carbons (Fsp3) is 0.500. The van der Waals surface area contributed by atoms with Gasteiger partial charge in [0.25, 0.3) is 0 Å². The number of alkyl halides is 3. The van der Waals surface area contributed by atoms with Gasteiger partial charge in [-0.3, -0.25) is 0 Å². The first-order valence-corrected chi connectivity index (χ1v) is 5.83. The van der Waals surface area contributed by atoms with Crippen LogP contribution >= 0.6 is 11.6 Å². The molecule has 18 heavy (non-hydrogen) atoms. The van der Waals surface area contributed by atoms with Gasteiger partial charge in [-0.1, -0.05) is 11.6 Å². The lowest BCUT2D eigenvalue weighted by Gasteiger charge is -2.24. The number of likely N-dealkylation sites (N-methyl/N-ethyl adjacent to an activating group) is 1. The standard InChI is InChI=1S/C12H13ClF3NO/c1-17(2)11-8-3-6(13)4-9(12(14,15)16)7(8)5-10(11)18/h3-4,10-11,18H,5H2,1-2H3/t10-,11-/m1/s1. The molecule has 1 N–H and O–H groups in total. The Balaban J connectivity index is 2.61. The van der Waals surface area contributed by atoms with Gasteiger partial charge in [-0.15, -0.1) is 0 Å². The number of fused-ring (bicyclic) bond motifs is 1. The lowest BCUT2D eigenvalue weighted by Crippen LogP contribution is -2.27. The van der Waals surface area contributed by atoms with Crippen molar-refractivity contribution in [3.63, 3.8) is 0 Å². The number of benzene rings is 1. The van der Waals surface area contributed by atoms with Crippen molar-refractivity contribution < 1.29 is 18.3 Å². The molecule has 2 nitrogen and oxygen atoms in total. The minimum Gasteiger partial charge on any atom is -0.391 e. The summed E-state index contributed by atoms with van der Waals surface area (Å²) in [6.07, 6.45) is -5.28. The van der Waals surface area contributed by atoms with Crippen molar-refractivity contribution in [3.05, 3.63) is 33.8 Å². The normalized spacial score (nSPS) is 23.6. The Hall–Kier alpha value is -0.780. The van der Waals surface area contributed by atoms with E-state index in [2.05, 4.69) is 0 Å². The van der Waals surface area contributed by atoms with Gasteiger partial charge in [-0.2, -0.15) is 13.2 Å². The van der Waals surface area contributed by atoms with Crippen molar-refractivity contribution in [1.82, 2.24) is 4.90 Å². The van der Waals surface area contributed by atoms with Crippen LogP contribution in [0.3, 0.4) is 0 Å². The highest BCUT2D eigenvalue weighted by atomic mass is 35.5. The summed E-state index contributed by atoms with van der Waals surface area (Å²) in [7, 11) is 3.44. The molecule has 0 unspecified atom stereocenters. The highest BCUT2D eigenvalue weighted by Crippen LogP contribution is 2.43. The molecule has 2 atom stereocenters. The van der Waals surface area contributed by atoms with Crippen LogP contribution in [0.15, 0.2) is 12.1 Å². The number of nitrogens with zero attached hydrogens (tertiary/aromatic N) is 1. The molecule has 0 heterocycles. The molecule has 1 aromatic carbocycles. The molecule has 0 spiro atoms. The zero-order chi connectivity index (χ0) is 13.7. The van der Waals surface area contributed by atoms with E-state index < -0.39 is 23.9 Å². The van der Waals surface area contributed by atoms with Crippen molar-refractivity contribution >= 4 is 11.6 Å². The maximum absolute atomic E-state index is 12.9. The van der Waals surface area contributed by atoms with Gasteiger partial charge in [-0.25, -0.2) is 0 Å². The largest absolute Gasteiger partial charge is 0.416 e. The number of aliphatic hydroxyl groups is 1. The first-order chi connectivity index (χ1) is 8.21. The third kappa shape index (κ3) is 2.22. The second kappa shape index (κ2) is 4.40. The molecular formula is C12H13ClF3NO. The molecule has 0 aromatic heterocycles. The van der Waals surface area contributed by atoms with Gasteiger partial charge in [0, 0.05) is 11.4 Å². The molecule has 1 aliphatic rings. The number of hydrogen-bond donors (Lipinski definition) is 1. The summed E-state index contributed by atoms with van der Waals surface area (Å²) in [5, 5.41) is 9.95. The Morgan fingerprint density at radius 3 is 2.44 bits per heavy atom. The summed E-state index contributed by atoms with van der Waals surface area (Å²) in [6.45, 7) is 0. The van der Waals surface area contributed by atoms with Gasteiger partial charge in [0.2, 0.25) is 0 Å². The maximum Gasteiger partial charge on any atom is 0.416 e. The maximum atomic E-state index is 12.9. The van der Waals surface area contributed by atoms with Crippen LogP contribution in [-0.4, -0.2) is 30.2 Å². The van der Waals surface area contributed by atoms with E-state index in [9.17, 15) is 18.3 Å². The Morgan fingerprint density at radius 2 is 1.94 bits per heavy atom. The molecule has 1 aliphatic carbocycles. The first-order valence-electron chi connectivity index (χ1n) is 5.46. The highest BCUT2D eigenvalue weighted by molar-refractivity contribution is 6.30. The van der Waals surface area contributed by atoms with Crippen molar-refractivity contribution in [2.75, 3.05) is 14.1 Å². The van der Waals surface area contributed by atoms with E-state index in [1.807, 2.05) is 0 Å². The number of rotatable bonds is 1. The Labute approximate surface area is 108 Å². The van der Waals surface area contributed by atoms with E-state index in [1.54, 1.807) is 19.0 Å². The molecule has 0 saturated heterocycles. The van der Waals surface area contributed by atoms with Crippen LogP contribution in [0.4, 0.5) is 13.2 Å². The minimum absolute atomic E-state index is 0.00416. The summed E-state index contributed by atoms with van der Waals surface area (Å²) >= 11 is 5.75. The Kier molecular flexibility index (Phi) is 3.34. The second-order valence-electron chi connectivity index (χ2n) is 4.70. The average Bonchev–Trinajstić information content (AvgIpc) is 2.50. The first kappa shape index (κ1) is 13.6. The topological polar surface area (TPSA) is 23.5 Å². The van der Waals surface area contributed by atoms with Gasteiger partial charge in [0.05, 0.1) is 17.7 Å². The van der Waals surface area contributed by atoms with Crippen LogP contribution in [0.2, 0.25) is 5.02 Å². The molecule has 0 bridgehead atoms. The van der Waals surface area contributed by atoms with Gasteiger partial charge in [0.1, 0.15) is 0 Å². The van der Waals surface area contributed by atoms with E-state index in [0.29, 0.717) is 5.56 Å². The van der Waals surface area contributed by atoms with E-state index in [0.717, 1.165) is 6.07 Å². The van der Waals surface area contributed by atoms with Crippen LogP contribution in [0.1, 0.15) is 22.7 Å². The van der Waals surface area contributed by atoms with Crippen molar-refractivity contribution in [2.24, 2.45) is 0 Å². The predicted octanol–water partition coefficient (Wildman–Crippen LogP) is 2.88. The van der Waals surface area contributed by atoms with Gasteiger partial charge in [-0.05, 0) is 37.4 Å². The van der Waals surface area contributed by atoms with Crippen molar-refractivity contribution in [2.45, 2.75) is 24.7 Å². The zero-order valence-corrected chi connectivity index (χ0v) is 10.7. The Bertz CT molecular complexity index is 473. The third-order valence-corrected chi connectivity index (χ3v) is 3.43. The summed E-state index contributed by atoms with van der Waals surface area (Å²) in [4.78, 5) is 1.70. The van der Waals surface area contributed by atoms with Gasteiger partial charge in [0.15, 0.2) is 0 Å². The smallest absolute Gasteiger partial charge is 0.391 e. The average molecular weight is 280 g/mol. The molecule has 0 radical (unpaired) electrons. The van der Waals surface area contributed by atoms with E-state index >= 15 is 0 Å².